The standard InChI is InChI=1S/C17H22N2OS/c1-12-5-4-6-14(9-12)21-11-16(19-18)15-10-13(2)7-8-17(15)20-3/h4-10,16,19H,11,18H2,1-3H3. The lowest BCUT2D eigenvalue weighted by Gasteiger charge is -2.19. The van der Waals surface area contributed by atoms with Crippen molar-refractivity contribution in [1.82, 2.24) is 5.43 Å². The minimum absolute atomic E-state index is 0.0466. The van der Waals surface area contributed by atoms with Gasteiger partial charge in [-0.2, -0.15) is 0 Å². The van der Waals surface area contributed by atoms with Crippen LogP contribution in [0.3, 0.4) is 0 Å². The van der Waals surface area contributed by atoms with E-state index in [0.717, 1.165) is 17.1 Å². The molecule has 2 aromatic carbocycles. The molecule has 2 rings (SSSR count). The summed E-state index contributed by atoms with van der Waals surface area (Å²) in [6.07, 6.45) is 0. The number of methoxy groups -OCH3 is 1. The first kappa shape index (κ1) is 15.9. The molecule has 0 heterocycles. The van der Waals surface area contributed by atoms with Crippen molar-refractivity contribution in [3.05, 3.63) is 59.2 Å². The molecule has 2 aromatic rings. The highest BCUT2D eigenvalue weighted by molar-refractivity contribution is 7.99. The minimum atomic E-state index is 0.0466. The average molecular weight is 302 g/mol. The summed E-state index contributed by atoms with van der Waals surface area (Å²) in [6, 6.07) is 14.7. The van der Waals surface area contributed by atoms with Gasteiger partial charge in [-0.1, -0.05) is 35.4 Å². The molecule has 0 amide bonds. The van der Waals surface area contributed by atoms with Crippen LogP contribution in [-0.2, 0) is 0 Å². The third-order valence-corrected chi connectivity index (χ3v) is 4.46. The molecule has 112 valence electrons. The number of nitrogens with two attached hydrogens (primary N) is 1. The van der Waals surface area contributed by atoms with E-state index in [-0.39, 0.29) is 6.04 Å². The van der Waals surface area contributed by atoms with Crippen LogP contribution < -0.4 is 16.0 Å². The molecule has 21 heavy (non-hydrogen) atoms. The molecule has 0 aliphatic heterocycles. The molecule has 1 unspecified atom stereocenters. The first-order chi connectivity index (χ1) is 10.1. The van der Waals surface area contributed by atoms with Gasteiger partial charge in [0.15, 0.2) is 0 Å². The summed E-state index contributed by atoms with van der Waals surface area (Å²) in [6.45, 7) is 4.18. The van der Waals surface area contributed by atoms with E-state index in [0.29, 0.717) is 0 Å². The average Bonchev–Trinajstić information content (AvgIpc) is 2.48. The number of hydrogen-bond donors (Lipinski definition) is 2. The zero-order valence-electron chi connectivity index (χ0n) is 12.7. The summed E-state index contributed by atoms with van der Waals surface area (Å²) in [5, 5.41) is 0. The number of aryl methyl sites for hydroxylation is 2. The summed E-state index contributed by atoms with van der Waals surface area (Å²) in [4.78, 5) is 1.25. The Kier molecular flexibility index (Phi) is 5.67. The van der Waals surface area contributed by atoms with E-state index in [1.807, 2.05) is 12.1 Å². The second-order valence-electron chi connectivity index (χ2n) is 5.09. The van der Waals surface area contributed by atoms with Gasteiger partial charge in [0.25, 0.3) is 0 Å². The normalized spacial score (nSPS) is 12.2. The highest BCUT2D eigenvalue weighted by Crippen LogP contribution is 2.30. The molecule has 0 bridgehead atoms. The number of hydrogen-bond acceptors (Lipinski definition) is 4. The van der Waals surface area contributed by atoms with Crippen LogP contribution in [0.2, 0.25) is 0 Å². The number of nitrogens with one attached hydrogen (secondary N) is 1. The van der Waals surface area contributed by atoms with Crippen LogP contribution >= 0.6 is 11.8 Å². The Bertz CT molecular complexity index is 601. The van der Waals surface area contributed by atoms with Crippen molar-refractivity contribution in [3.8, 4) is 5.75 Å². The van der Waals surface area contributed by atoms with E-state index >= 15 is 0 Å². The van der Waals surface area contributed by atoms with Gasteiger partial charge in [0.05, 0.1) is 13.2 Å². The first-order valence-electron chi connectivity index (χ1n) is 6.94. The Morgan fingerprint density at radius 1 is 1.14 bits per heavy atom. The fourth-order valence-electron chi connectivity index (χ4n) is 2.24. The maximum atomic E-state index is 5.75. The van der Waals surface area contributed by atoms with Crippen molar-refractivity contribution in [1.29, 1.82) is 0 Å². The van der Waals surface area contributed by atoms with Crippen LogP contribution in [0.1, 0.15) is 22.7 Å². The van der Waals surface area contributed by atoms with Crippen LogP contribution in [0.15, 0.2) is 47.4 Å². The van der Waals surface area contributed by atoms with Gasteiger partial charge < -0.3 is 4.74 Å². The van der Waals surface area contributed by atoms with Gasteiger partial charge in [-0.15, -0.1) is 11.8 Å². The van der Waals surface area contributed by atoms with E-state index < -0.39 is 0 Å². The maximum absolute atomic E-state index is 5.75. The summed E-state index contributed by atoms with van der Waals surface area (Å²) in [7, 11) is 1.69. The van der Waals surface area contributed by atoms with Gasteiger partial charge in [0.1, 0.15) is 5.75 Å². The van der Waals surface area contributed by atoms with Crippen LogP contribution in [0.25, 0.3) is 0 Å². The smallest absolute Gasteiger partial charge is 0.123 e. The Labute approximate surface area is 130 Å². The molecule has 1 atom stereocenters. The van der Waals surface area contributed by atoms with Crippen molar-refractivity contribution < 1.29 is 4.74 Å². The number of thioether (sulfide) groups is 1. The largest absolute Gasteiger partial charge is 0.496 e. The molecule has 0 fully saturated rings. The molecule has 0 aromatic heterocycles. The number of benzene rings is 2. The van der Waals surface area contributed by atoms with E-state index in [9.17, 15) is 0 Å². The molecule has 3 nitrogen and oxygen atoms in total. The summed E-state index contributed by atoms with van der Waals surface area (Å²) < 4.78 is 5.45. The highest BCUT2D eigenvalue weighted by atomic mass is 32.2. The van der Waals surface area contributed by atoms with Crippen LogP contribution in [-0.4, -0.2) is 12.9 Å². The third-order valence-electron chi connectivity index (χ3n) is 3.37. The molecule has 0 saturated carbocycles. The van der Waals surface area contributed by atoms with Crippen molar-refractivity contribution >= 4 is 11.8 Å². The zero-order valence-corrected chi connectivity index (χ0v) is 13.5. The van der Waals surface area contributed by atoms with Gasteiger partial charge in [0, 0.05) is 16.2 Å². The Morgan fingerprint density at radius 3 is 2.57 bits per heavy atom. The molecule has 4 heteroatoms. The van der Waals surface area contributed by atoms with Crippen LogP contribution in [0.5, 0.6) is 5.75 Å². The first-order valence-corrected chi connectivity index (χ1v) is 7.92. The fourth-order valence-corrected chi connectivity index (χ4v) is 3.32. The van der Waals surface area contributed by atoms with Gasteiger partial charge in [-0.3, -0.25) is 11.3 Å². The SMILES string of the molecule is COc1ccc(C)cc1C(CSc1cccc(C)c1)NN. The summed E-state index contributed by atoms with van der Waals surface area (Å²) in [5.41, 5.74) is 6.47. The predicted molar refractivity (Wildman–Crippen MR) is 89.7 cm³/mol. The number of hydrazine groups is 1. The Balaban J connectivity index is 2.15. The van der Waals surface area contributed by atoms with E-state index in [4.69, 9.17) is 10.6 Å². The van der Waals surface area contributed by atoms with Crippen molar-refractivity contribution in [2.75, 3.05) is 12.9 Å². The van der Waals surface area contributed by atoms with E-state index in [1.165, 1.54) is 16.0 Å². The lowest BCUT2D eigenvalue weighted by molar-refractivity contribution is 0.402. The monoisotopic (exact) mass is 302 g/mol. The Hall–Kier alpha value is -1.49. The lowest BCUT2D eigenvalue weighted by Crippen LogP contribution is -2.30. The topological polar surface area (TPSA) is 47.3 Å². The lowest BCUT2D eigenvalue weighted by atomic mass is 10.0. The van der Waals surface area contributed by atoms with Crippen molar-refractivity contribution in [2.45, 2.75) is 24.8 Å². The van der Waals surface area contributed by atoms with Crippen LogP contribution in [0, 0.1) is 13.8 Å². The summed E-state index contributed by atoms with van der Waals surface area (Å²) >= 11 is 1.79. The number of rotatable bonds is 6. The Morgan fingerprint density at radius 2 is 1.90 bits per heavy atom. The van der Waals surface area contributed by atoms with Gasteiger partial charge in [0.2, 0.25) is 0 Å². The van der Waals surface area contributed by atoms with Gasteiger partial charge >= 0.3 is 0 Å². The maximum Gasteiger partial charge on any atom is 0.123 e. The molecule has 0 spiro atoms. The van der Waals surface area contributed by atoms with E-state index in [2.05, 4.69) is 49.6 Å². The second kappa shape index (κ2) is 7.50. The minimum Gasteiger partial charge on any atom is -0.496 e. The molecule has 3 N–H and O–H groups in total. The number of ether oxygens (including phenoxy) is 1. The van der Waals surface area contributed by atoms with Crippen molar-refractivity contribution in [3.63, 3.8) is 0 Å². The predicted octanol–water partition coefficient (Wildman–Crippen LogP) is 3.61. The van der Waals surface area contributed by atoms with Crippen LogP contribution in [0.4, 0.5) is 0 Å². The molecule has 0 aliphatic carbocycles. The molecule has 0 aliphatic rings. The fraction of sp³-hybridized carbons (Fsp3) is 0.294. The van der Waals surface area contributed by atoms with Crippen molar-refractivity contribution in [2.24, 2.45) is 5.84 Å². The molecular formula is C17H22N2OS. The van der Waals surface area contributed by atoms with Gasteiger partial charge in [-0.25, -0.2) is 0 Å². The molecule has 0 saturated heterocycles. The third kappa shape index (κ3) is 4.24. The summed E-state index contributed by atoms with van der Waals surface area (Å²) in [5.74, 6) is 7.47. The highest BCUT2D eigenvalue weighted by Gasteiger charge is 2.15. The zero-order chi connectivity index (χ0) is 15.2. The molecule has 0 radical (unpaired) electrons. The quantitative estimate of drug-likeness (QED) is 0.486. The molecular weight excluding hydrogens is 280 g/mol. The van der Waals surface area contributed by atoms with E-state index in [1.54, 1.807) is 18.9 Å². The second-order valence-corrected chi connectivity index (χ2v) is 6.19. The van der Waals surface area contributed by atoms with Gasteiger partial charge in [-0.05, 0) is 32.0 Å².